The molecule has 12 heteroatoms. The number of carbonyl (C=O) groups excluding carboxylic acids is 1. The van der Waals surface area contributed by atoms with Crippen LogP contribution in [-0.2, 0) is 19.6 Å². The van der Waals surface area contributed by atoms with Gasteiger partial charge in [-0.3, -0.25) is 9.36 Å². The van der Waals surface area contributed by atoms with E-state index in [2.05, 4.69) is 4.99 Å². The van der Waals surface area contributed by atoms with E-state index in [1.165, 1.54) is 29.9 Å². The van der Waals surface area contributed by atoms with Gasteiger partial charge < -0.3 is 13.7 Å². The average Bonchev–Trinajstić information content (AvgIpc) is 3.27. The number of halogens is 1. The molecule has 1 aliphatic rings. The van der Waals surface area contributed by atoms with Gasteiger partial charge in [0.1, 0.15) is 4.90 Å². The molecule has 4 aromatic rings. The third kappa shape index (κ3) is 5.76. The van der Waals surface area contributed by atoms with Gasteiger partial charge in [-0.05, 0) is 67.4 Å². The quantitative estimate of drug-likeness (QED) is 0.213. The number of thiazole rings is 1. The SMILES string of the molecule is CCOC(=O)C1=C(C)N=c2s/c(=C/c3ccc(OS(=O)(=O)c4ccccc4)c(OC)c3)c(=O)n2C1c1ccc(Cl)cc1. The molecule has 0 saturated carbocycles. The van der Waals surface area contributed by atoms with Crippen molar-refractivity contribution < 1.29 is 26.9 Å². The number of carbonyl (C=O) groups is 1. The number of ether oxygens (including phenoxy) is 2. The summed E-state index contributed by atoms with van der Waals surface area (Å²) in [7, 11) is -2.70. The van der Waals surface area contributed by atoms with Crippen molar-refractivity contribution in [2.24, 2.45) is 4.99 Å². The molecular weight excluding hydrogens is 600 g/mol. The molecule has 1 aliphatic heterocycles. The van der Waals surface area contributed by atoms with E-state index in [0.717, 1.165) is 11.3 Å². The third-order valence-electron chi connectivity index (χ3n) is 6.42. The molecule has 1 aromatic heterocycles. The molecule has 0 radical (unpaired) electrons. The van der Waals surface area contributed by atoms with E-state index in [1.807, 2.05) is 0 Å². The third-order valence-corrected chi connectivity index (χ3v) is 8.90. The van der Waals surface area contributed by atoms with Crippen molar-refractivity contribution in [2.75, 3.05) is 13.7 Å². The largest absolute Gasteiger partial charge is 0.493 e. The Kier molecular flexibility index (Phi) is 8.35. The van der Waals surface area contributed by atoms with Crippen LogP contribution >= 0.6 is 22.9 Å². The number of fused-ring (bicyclic) bond motifs is 1. The molecule has 216 valence electrons. The normalized spacial score (nSPS) is 15.1. The summed E-state index contributed by atoms with van der Waals surface area (Å²) in [6.45, 7) is 3.59. The van der Waals surface area contributed by atoms with Gasteiger partial charge in [0.25, 0.3) is 5.56 Å². The molecule has 5 rings (SSSR count). The lowest BCUT2D eigenvalue weighted by Crippen LogP contribution is -2.39. The minimum absolute atomic E-state index is 0.00240. The lowest BCUT2D eigenvalue weighted by Gasteiger charge is -2.24. The fourth-order valence-corrected chi connectivity index (χ4v) is 6.63. The van der Waals surface area contributed by atoms with E-state index in [1.54, 1.807) is 74.5 Å². The second-order valence-electron chi connectivity index (χ2n) is 9.11. The smallest absolute Gasteiger partial charge is 0.339 e. The average molecular weight is 625 g/mol. The van der Waals surface area contributed by atoms with Crippen molar-refractivity contribution in [1.29, 1.82) is 0 Å². The van der Waals surface area contributed by atoms with Crippen molar-refractivity contribution in [1.82, 2.24) is 4.57 Å². The molecule has 0 saturated heterocycles. The molecule has 2 heterocycles. The van der Waals surface area contributed by atoms with Crippen molar-refractivity contribution >= 4 is 45.1 Å². The first-order chi connectivity index (χ1) is 20.1. The highest BCUT2D eigenvalue weighted by atomic mass is 35.5. The first kappa shape index (κ1) is 29.3. The number of benzene rings is 3. The number of methoxy groups -OCH3 is 1. The maximum atomic E-state index is 13.8. The highest BCUT2D eigenvalue weighted by Gasteiger charge is 2.33. The Hall–Kier alpha value is -4.19. The lowest BCUT2D eigenvalue weighted by molar-refractivity contribution is -0.139. The van der Waals surface area contributed by atoms with E-state index >= 15 is 0 Å². The highest BCUT2D eigenvalue weighted by molar-refractivity contribution is 7.87. The summed E-state index contributed by atoms with van der Waals surface area (Å²) < 4.78 is 43.3. The van der Waals surface area contributed by atoms with Gasteiger partial charge in [-0.2, -0.15) is 8.42 Å². The summed E-state index contributed by atoms with van der Waals surface area (Å²) in [6, 6.07) is 18.5. The Bertz CT molecular complexity index is 1980. The molecule has 9 nitrogen and oxygen atoms in total. The van der Waals surface area contributed by atoms with E-state index in [-0.39, 0.29) is 34.1 Å². The van der Waals surface area contributed by atoms with Crippen molar-refractivity contribution in [2.45, 2.75) is 24.8 Å². The van der Waals surface area contributed by atoms with Gasteiger partial charge >= 0.3 is 16.1 Å². The van der Waals surface area contributed by atoms with Gasteiger partial charge in [-0.25, -0.2) is 9.79 Å². The van der Waals surface area contributed by atoms with Crippen molar-refractivity contribution in [3.8, 4) is 11.5 Å². The predicted octanol–water partition coefficient (Wildman–Crippen LogP) is 4.23. The Morgan fingerprint density at radius 2 is 1.79 bits per heavy atom. The number of nitrogens with zero attached hydrogens (tertiary/aromatic N) is 2. The summed E-state index contributed by atoms with van der Waals surface area (Å²) in [4.78, 5) is 31.8. The molecule has 0 aliphatic carbocycles. The molecule has 1 unspecified atom stereocenters. The predicted molar refractivity (Wildman–Crippen MR) is 159 cm³/mol. The molecule has 3 aromatic carbocycles. The number of aromatic nitrogens is 1. The van der Waals surface area contributed by atoms with Gasteiger partial charge in [0.15, 0.2) is 16.3 Å². The van der Waals surface area contributed by atoms with Crippen LogP contribution in [0.3, 0.4) is 0 Å². The van der Waals surface area contributed by atoms with Crippen LogP contribution in [-0.4, -0.2) is 32.7 Å². The molecule has 0 spiro atoms. The van der Waals surface area contributed by atoms with Gasteiger partial charge in [0, 0.05) is 5.02 Å². The number of allylic oxidation sites excluding steroid dienone is 1. The van der Waals surface area contributed by atoms with Gasteiger partial charge in [-0.1, -0.05) is 59.3 Å². The molecule has 0 N–H and O–H groups in total. The molecule has 42 heavy (non-hydrogen) atoms. The van der Waals surface area contributed by atoms with Gasteiger partial charge in [-0.15, -0.1) is 0 Å². The maximum Gasteiger partial charge on any atom is 0.339 e. The number of esters is 1. The number of hydrogen-bond acceptors (Lipinski definition) is 9. The zero-order valence-electron chi connectivity index (χ0n) is 22.7. The molecule has 0 amide bonds. The fourth-order valence-electron chi connectivity index (χ4n) is 4.50. The topological polar surface area (TPSA) is 113 Å². The Morgan fingerprint density at radius 3 is 2.45 bits per heavy atom. The Balaban J connectivity index is 1.58. The first-order valence-corrected chi connectivity index (χ1v) is 15.4. The molecule has 0 bridgehead atoms. The summed E-state index contributed by atoms with van der Waals surface area (Å²) >= 11 is 7.27. The minimum Gasteiger partial charge on any atom is -0.493 e. The van der Waals surface area contributed by atoms with Crippen molar-refractivity contribution in [3.05, 3.63) is 120 Å². The monoisotopic (exact) mass is 624 g/mol. The summed E-state index contributed by atoms with van der Waals surface area (Å²) in [5, 5.41) is 0.516. The zero-order chi connectivity index (χ0) is 30.0. The fraction of sp³-hybridized carbons (Fsp3) is 0.167. The second-order valence-corrected chi connectivity index (χ2v) is 12.1. The molecule has 1 atom stereocenters. The molecule has 0 fully saturated rings. The summed E-state index contributed by atoms with van der Waals surface area (Å²) in [6.07, 6.45) is 1.64. The zero-order valence-corrected chi connectivity index (χ0v) is 25.1. The van der Waals surface area contributed by atoms with Gasteiger partial charge in [0.05, 0.1) is 35.6 Å². The van der Waals surface area contributed by atoms with Crippen LogP contribution in [0, 0.1) is 0 Å². The molecular formula is C30H25ClN2O7S2. The lowest BCUT2D eigenvalue weighted by atomic mass is 9.96. The van der Waals surface area contributed by atoms with E-state index in [0.29, 0.717) is 31.2 Å². The Labute approximate surface area is 250 Å². The van der Waals surface area contributed by atoms with E-state index in [4.69, 9.17) is 25.3 Å². The Morgan fingerprint density at radius 1 is 1.07 bits per heavy atom. The van der Waals surface area contributed by atoms with Crippen LogP contribution in [0.4, 0.5) is 0 Å². The standard InChI is InChI=1S/C30H25ClN2O7S2/c1-4-39-29(35)26-18(2)32-30-33(27(26)20-11-13-21(31)14-12-20)28(34)25(41-30)17-19-10-15-23(24(16-19)38-3)40-42(36,37)22-8-6-5-7-9-22/h5-17,27H,4H2,1-3H3/b25-17+. The van der Waals surface area contributed by atoms with Crippen LogP contribution in [0.5, 0.6) is 11.5 Å². The van der Waals surface area contributed by atoms with Crippen LogP contribution in [0.15, 0.2) is 98.7 Å². The minimum atomic E-state index is -4.09. The first-order valence-electron chi connectivity index (χ1n) is 12.8. The van der Waals surface area contributed by atoms with Crippen LogP contribution in [0.1, 0.15) is 31.0 Å². The van der Waals surface area contributed by atoms with Crippen LogP contribution in [0.25, 0.3) is 6.08 Å². The van der Waals surface area contributed by atoms with Crippen molar-refractivity contribution in [3.63, 3.8) is 0 Å². The van der Waals surface area contributed by atoms with E-state index < -0.39 is 22.1 Å². The highest BCUT2D eigenvalue weighted by Crippen LogP contribution is 2.32. The number of hydrogen-bond donors (Lipinski definition) is 0. The van der Waals surface area contributed by atoms with Crippen LogP contribution in [0.2, 0.25) is 5.02 Å². The van der Waals surface area contributed by atoms with Crippen LogP contribution < -0.4 is 23.8 Å². The van der Waals surface area contributed by atoms with Gasteiger partial charge in [0.2, 0.25) is 0 Å². The second kappa shape index (κ2) is 12.0. The number of rotatable bonds is 8. The van der Waals surface area contributed by atoms with E-state index in [9.17, 15) is 18.0 Å². The maximum absolute atomic E-state index is 13.8. The summed E-state index contributed by atoms with van der Waals surface area (Å²) in [5.41, 5.74) is 1.59. The summed E-state index contributed by atoms with van der Waals surface area (Å²) in [5.74, 6) is -0.397.